The Morgan fingerprint density at radius 1 is 1.08 bits per heavy atom. The van der Waals surface area contributed by atoms with E-state index in [0.717, 1.165) is 35.4 Å². The second kappa shape index (κ2) is 6.54. The topological polar surface area (TPSA) is 39.2 Å². The Kier molecular flexibility index (Phi) is 4.62. The summed E-state index contributed by atoms with van der Waals surface area (Å²) in [4.78, 5) is 15.8. The number of hydrogen-bond acceptors (Lipinski definition) is 3. The minimum Gasteiger partial charge on any atom is -0.490 e. The molecule has 0 N–H and O–H groups in total. The lowest BCUT2D eigenvalue weighted by Gasteiger charge is -2.36. The third-order valence-corrected chi connectivity index (χ3v) is 5.22. The van der Waals surface area contributed by atoms with E-state index in [0.29, 0.717) is 17.2 Å². The molecule has 128 valence electrons. The van der Waals surface area contributed by atoms with Gasteiger partial charge in [-0.25, -0.2) is 4.98 Å². The number of aromatic nitrogens is 1. The molecule has 0 saturated heterocycles. The summed E-state index contributed by atoms with van der Waals surface area (Å²) in [5.74, 6) is 1.69. The predicted molar refractivity (Wildman–Crippen MR) is 97.6 cm³/mol. The number of Topliss-reactive ketones (excluding diaryl/α,β-unsaturated/α-hetero) is 1. The van der Waals surface area contributed by atoms with Crippen LogP contribution < -0.4 is 4.74 Å². The van der Waals surface area contributed by atoms with Crippen molar-refractivity contribution in [1.82, 2.24) is 4.98 Å². The first-order valence-corrected chi connectivity index (χ1v) is 8.91. The van der Waals surface area contributed by atoms with Gasteiger partial charge in [-0.15, -0.1) is 0 Å². The summed E-state index contributed by atoms with van der Waals surface area (Å²) < 4.78 is 6.21. The molecule has 0 atom stereocenters. The summed E-state index contributed by atoms with van der Waals surface area (Å²) in [5, 5.41) is 1.01. The highest BCUT2D eigenvalue weighted by atomic mass is 16.5. The third-order valence-electron chi connectivity index (χ3n) is 5.22. The number of ketones is 1. The van der Waals surface area contributed by atoms with E-state index in [1.54, 1.807) is 13.0 Å². The van der Waals surface area contributed by atoms with Gasteiger partial charge in [0.05, 0.1) is 11.6 Å². The Bertz CT molecular complexity index is 737. The Morgan fingerprint density at radius 3 is 2.42 bits per heavy atom. The molecule has 1 aliphatic rings. The lowest BCUT2D eigenvalue weighted by atomic mass is 9.72. The standard InChI is InChI=1S/C21H27NO2/c1-14(23)19-11-5-15-13-18(10-12-20(15)22-19)24-17-8-6-16(7-9-17)21(2,3)4/h5,10-13,16-17H,6-9H2,1-4H3/t16-,17-. The Labute approximate surface area is 144 Å². The molecule has 3 nitrogen and oxygen atoms in total. The average Bonchev–Trinajstić information content (AvgIpc) is 2.54. The molecule has 0 radical (unpaired) electrons. The van der Waals surface area contributed by atoms with E-state index >= 15 is 0 Å². The lowest BCUT2D eigenvalue weighted by molar-refractivity contribution is 0.0883. The Balaban J connectivity index is 1.68. The molecular formula is C21H27NO2. The normalized spacial score (nSPS) is 21.7. The van der Waals surface area contributed by atoms with Crippen LogP contribution in [-0.2, 0) is 0 Å². The summed E-state index contributed by atoms with van der Waals surface area (Å²) in [5.41, 5.74) is 1.75. The number of hydrogen-bond donors (Lipinski definition) is 0. The molecule has 1 aliphatic carbocycles. The van der Waals surface area contributed by atoms with E-state index in [2.05, 4.69) is 25.8 Å². The number of nitrogens with zero attached hydrogens (tertiary/aromatic N) is 1. The Hall–Kier alpha value is -1.90. The van der Waals surface area contributed by atoms with E-state index in [1.165, 1.54) is 12.8 Å². The van der Waals surface area contributed by atoms with Crippen LogP contribution in [0.25, 0.3) is 10.9 Å². The maximum atomic E-state index is 11.4. The Morgan fingerprint density at radius 2 is 1.79 bits per heavy atom. The van der Waals surface area contributed by atoms with Crippen LogP contribution in [-0.4, -0.2) is 16.9 Å². The largest absolute Gasteiger partial charge is 0.490 e. The van der Waals surface area contributed by atoms with Gasteiger partial charge in [0, 0.05) is 12.3 Å². The van der Waals surface area contributed by atoms with Gasteiger partial charge >= 0.3 is 0 Å². The molecule has 1 aromatic heterocycles. The van der Waals surface area contributed by atoms with Crippen molar-refractivity contribution in [1.29, 1.82) is 0 Å². The predicted octanol–water partition coefficient (Wildman–Crippen LogP) is 5.42. The minimum atomic E-state index is -0.00663. The van der Waals surface area contributed by atoms with E-state index in [1.807, 2.05) is 24.3 Å². The summed E-state index contributed by atoms with van der Waals surface area (Å²) in [7, 11) is 0. The summed E-state index contributed by atoms with van der Waals surface area (Å²) in [6.07, 6.45) is 5.05. The van der Waals surface area contributed by atoms with Crippen molar-refractivity contribution in [3.05, 3.63) is 36.0 Å². The lowest BCUT2D eigenvalue weighted by Crippen LogP contribution is -2.30. The molecule has 0 unspecified atom stereocenters. The van der Waals surface area contributed by atoms with Gasteiger partial charge in [-0.2, -0.15) is 0 Å². The van der Waals surface area contributed by atoms with Crippen molar-refractivity contribution in [3.8, 4) is 5.75 Å². The highest BCUT2D eigenvalue weighted by molar-refractivity contribution is 5.94. The number of benzene rings is 1. The molecule has 0 bridgehead atoms. The zero-order chi connectivity index (χ0) is 17.3. The van der Waals surface area contributed by atoms with E-state index < -0.39 is 0 Å². The van der Waals surface area contributed by atoms with Crippen LogP contribution in [0.15, 0.2) is 30.3 Å². The van der Waals surface area contributed by atoms with Gasteiger partial charge in [-0.1, -0.05) is 26.8 Å². The molecule has 3 rings (SSSR count). The van der Waals surface area contributed by atoms with Gasteiger partial charge in [0.1, 0.15) is 11.4 Å². The van der Waals surface area contributed by atoms with Gasteiger partial charge in [0.25, 0.3) is 0 Å². The molecular weight excluding hydrogens is 298 g/mol. The summed E-state index contributed by atoms with van der Waals surface area (Å²) >= 11 is 0. The highest BCUT2D eigenvalue weighted by Gasteiger charge is 2.30. The highest BCUT2D eigenvalue weighted by Crippen LogP contribution is 2.38. The zero-order valence-corrected chi connectivity index (χ0v) is 15.1. The van der Waals surface area contributed by atoms with Crippen molar-refractivity contribution in [2.24, 2.45) is 11.3 Å². The maximum absolute atomic E-state index is 11.4. The fourth-order valence-corrected chi connectivity index (χ4v) is 3.61. The number of rotatable bonds is 3. The van der Waals surface area contributed by atoms with Crippen LogP contribution in [0.4, 0.5) is 0 Å². The van der Waals surface area contributed by atoms with Crippen molar-refractivity contribution >= 4 is 16.7 Å². The van der Waals surface area contributed by atoms with Crippen LogP contribution in [0.5, 0.6) is 5.75 Å². The fraction of sp³-hybridized carbons (Fsp3) is 0.524. The van der Waals surface area contributed by atoms with Crippen LogP contribution >= 0.6 is 0 Å². The number of carbonyl (C=O) groups is 1. The molecule has 0 aliphatic heterocycles. The zero-order valence-electron chi connectivity index (χ0n) is 15.1. The molecule has 0 spiro atoms. The molecule has 1 heterocycles. The molecule has 24 heavy (non-hydrogen) atoms. The van der Waals surface area contributed by atoms with Crippen LogP contribution in [0.3, 0.4) is 0 Å². The first-order valence-electron chi connectivity index (χ1n) is 8.91. The molecule has 3 heteroatoms. The van der Waals surface area contributed by atoms with Crippen molar-refractivity contribution in [2.45, 2.75) is 59.5 Å². The first-order chi connectivity index (χ1) is 11.3. The first kappa shape index (κ1) is 16.9. The second-order valence-electron chi connectivity index (χ2n) is 8.06. The molecule has 1 aromatic carbocycles. The number of fused-ring (bicyclic) bond motifs is 1. The van der Waals surface area contributed by atoms with Gasteiger partial charge in [-0.3, -0.25) is 4.79 Å². The van der Waals surface area contributed by atoms with Gasteiger partial charge in [0.15, 0.2) is 5.78 Å². The van der Waals surface area contributed by atoms with Gasteiger partial charge < -0.3 is 4.74 Å². The van der Waals surface area contributed by atoms with Crippen molar-refractivity contribution in [2.75, 3.05) is 0 Å². The average molecular weight is 325 g/mol. The van der Waals surface area contributed by atoms with Crippen molar-refractivity contribution < 1.29 is 9.53 Å². The molecule has 1 fully saturated rings. The SMILES string of the molecule is CC(=O)c1ccc2cc(O[C@H]3CC[C@H](C(C)(C)C)CC3)ccc2n1. The van der Waals surface area contributed by atoms with Crippen LogP contribution in [0.1, 0.15) is 63.9 Å². The quantitative estimate of drug-likeness (QED) is 0.707. The van der Waals surface area contributed by atoms with Gasteiger partial charge in [0.2, 0.25) is 0 Å². The summed E-state index contributed by atoms with van der Waals surface area (Å²) in [6.45, 7) is 8.55. The summed E-state index contributed by atoms with van der Waals surface area (Å²) in [6, 6.07) is 9.67. The van der Waals surface area contributed by atoms with E-state index in [9.17, 15) is 4.79 Å². The molecule has 1 saturated carbocycles. The number of pyridine rings is 1. The number of carbonyl (C=O) groups excluding carboxylic acids is 1. The smallest absolute Gasteiger partial charge is 0.178 e. The molecule has 0 amide bonds. The maximum Gasteiger partial charge on any atom is 0.178 e. The minimum absolute atomic E-state index is 0.00663. The van der Waals surface area contributed by atoms with E-state index in [-0.39, 0.29) is 5.78 Å². The van der Waals surface area contributed by atoms with Crippen molar-refractivity contribution in [3.63, 3.8) is 0 Å². The second-order valence-corrected chi connectivity index (χ2v) is 8.06. The van der Waals surface area contributed by atoms with Gasteiger partial charge in [-0.05, 0) is 61.3 Å². The molecule has 2 aromatic rings. The van der Waals surface area contributed by atoms with Crippen LogP contribution in [0.2, 0.25) is 0 Å². The number of ether oxygens (including phenoxy) is 1. The van der Waals surface area contributed by atoms with Crippen LogP contribution in [0, 0.1) is 11.3 Å². The van der Waals surface area contributed by atoms with E-state index in [4.69, 9.17) is 4.74 Å². The fourth-order valence-electron chi connectivity index (χ4n) is 3.61. The monoisotopic (exact) mass is 325 g/mol. The third kappa shape index (κ3) is 3.77.